The van der Waals surface area contributed by atoms with Gasteiger partial charge in [-0.15, -0.1) is 0 Å². The van der Waals surface area contributed by atoms with Gasteiger partial charge >= 0.3 is 0 Å². The molecule has 0 heterocycles. The average molecular weight is 321 g/mol. The molecule has 0 aliphatic carbocycles. The van der Waals surface area contributed by atoms with Gasteiger partial charge in [0.2, 0.25) is 11.8 Å². The third-order valence-electron chi connectivity index (χ3n) is 3.35. The molecule has 0 aliphatic rings. The molecule has 2 amide bonds. The fourth-order valence-electron chi connectivity index (χ4n) is 2.10. The highest BCUT2D eigenvalue weighted by molar-refractivity contribution is 5.92. The van der Waals surface area contributed by atoms with E-state index >= 15 is 0 Å². The summed E-state index contributed by atoms with van der Waals surface area (Å²) in [5.74, 6) is -0.128. The van der Waals surface area contributed by atoms with Crippen LogP contribution in [-0.2, 0) is 14.3 Å². The van der Waals surface area contributed by atoms with Gasteiger partial charge in [0.25, 0.3) is 0 Å². The van der Waals surface area contributed by atoms with E-state index in [2.05, 4.69) is 15.5 Å². The van der Waals surface area contributed by atoms with Gasteiger partial charge in [-0.25, -0.2) is 0 Å². The van der Waals surface area contributed by atoms with Gasteiger partial charge in [-0.2, -0.15) is 0 Å². The quantitative estimate of drug-likeness (QED) is 0.649. The summed E-state index contributed by atoms with van der Waals surface area (Å²) in [6.07, 6.45) is 2.55. The van der Waals surface area contributed by atoms with Crippen LogP contribution in [-0.4, -0.2) is 50.6 Å². The van der Waals surface area contributed by atoms with Gasteiger partial charge in [-0.05, 0) is 50.7 Å². The van der Waals surface area contributed by atoms with Crippen molar-refractivity contribution in [2.24, 2.45) is 0 Å². The summed E-state index contributed by atoms with van der Waals surface area (Å²) in [6.45, 7) is 3.93. The van der Waals surface area contributed by atoms with Crippen molar-refractivity contribution in [1.29, 1.82) is 0 Å². The maximum atomic E-state index is 11.9. The number of methoxy groups -OCH3 is 1. The van der Waals surface area contributed by atoms with Crippen LogP contribution in [0, 0.1) is 0 Å². The van der Waals surface area contributed by atoms with Gasteiger partial charge < -0.3 is 20.3 Å². The van der Waals surface area contributed by atoms with Gasteiger partial charge in [0.05, 0.1) is 0 Å². The number of benzene rings is 1. The summed E-state index contributed by atoms with van der Waals surface area (Å²) in [5, 5.41) is 5.54. The van der Waals surface area contributed by atoms with Crippen LogP contribution < -0.4 is 10.6 Å². The molecule has 128 valence electrons. The molecule has 23 heavy (non-hydrogen) atoms. The highest BCUT2D eigenvalue weighted by Gasteiger charge is 2.05. The van der Waals surface area contributed by atoms with E-state index in [-0.39, 0.29) is 11.8 Å². The van der Waals surface area contributed by atoms with E-state index in [9.17, 15) is 9.59 Å². The number of rotatable bonds is 10. The molecule has 0 bridgehead atoms. The first-order valence-electron chi connectivity index (χ1n) is 7.86. The van der Waals surface area contributed by atoms with Crippen LogP contribution in [0.25, 0.3) is 0 Å². The number of carbonyl (C=O) groups is 2. The van der Waals surface area contributed by atoms with Crippen molar-refractivity contribution in [3.05, 3.63) is 24.3 Å². The Balaban J connectivity index is 2.26. The maximum Gasteiger partial charge on any atom is 0.225 e. The molecule has 0 fully saturated rings. The number of nitrogens with one attached hydrogen (secondary N) is 2. The second-order valence-electron chi connectivity index (χ2n) is 5.56. The van der Waals surface area contributed by atoms with Crippen molar-refractivity contribution in [2.75, 3.05) is 44.5 Å². The lowest BCUT2D eigenvalue weighted by Gasteiger charge is -2.16. The normalized spacial score (nSPS) is 10.6. The van der Waals surface area contributed by atoms with Crippen molar-refractivity contribution in [3.8, 4) is 0 Å². The largest absolute Gasteiger partial charge is 0.385 e. The summed E-state index contributed by atoms with van der Waals surface area (Å²) in [6, 6.07) is 7.08. The Labute approximate surface area is 138 Å². The van der Waals surface area contributed by atoms with Crippen LogP contribution >= 0.6 is 0 Å². The van der Waals surface area contributed by atoms with E-state index in [0.717, 1.165) is 38.2 Å². The number of hydrogen-bond donors (Lipinski definition) is 2. The molecule has 1 aromatic carbocycles. The van der Waals surface area contributed by atoms with Crippen LogP contribution in [0.4, 0.5) is 11.4 Å². The number of amides is 2. The predicted molar refractivity (Wildman–Crippen MR) is 92.6 cm³/mol. The number of carbonyl (C=O) groups excluding carboxylic acids is 2. The summed E-state index contributed by atoms with van der Waals surface area (Å²) < 4.78 is 5.01. The first-order valence-corrected chi connectivity index (χ1v) is 7.86. The molecule has 0 atom stereocenters. The topological polar surface area (TPSA) is 70.7 Å². The van der Waals surface area contributed by atoms with Gasteiger partial charge in [0.1, 0.15) is 0 Å². The van der Waals surface area contributed by atoms with Gasteiger partial charge in [-0.1, -0.05) is 0 Å². The molecule has 0 aliphatic heterocycles. The standard InChI is InChI=1S/C17H27N3O3/c1-14(21)18-15-6-8-16(9-7-15)19-17(22)10-12-20(2)11-4-5-13-23-3/h6-9H,4-5,10-13H2,1-3H3,(H,18,21)(H,19,22). The number of ether oxygens (including phenoxy) is 1. The molecule has 0 saturated heterocycles. The van der Waals surface area contributed by atoms with Crippen LogP contribution in [0.5, 0.6) is 0 Å². The number of unbranched alkanes of at least 4 members (excludes halogenated alkanes) is 1. The smallest absolute Gasteiger partial charge is 0.225 e. The number of anilines is 2. The molecule has 0 radical (unpaired) electrons. The van der Waals surface area contributed by atoms with E-state index in [1.807, 2.05) is 7.05 Å². The molecule has 1 aromatic rings. The summed E-state index contributed by atoms with van der Waals surface area (Å²) in [7, 11) is 3.72. The van der Waals surface area contributed by atoms with Gasteiger partial charge in [-0.3, -0.25) is 9.59 Å². The molecule has 6 nitrogen and oxygen atoms in total. The fraction of sp³-hybridized carbons (Fsp3) is 0.529. The Hall–Kier alpha value is -1.92. The lowest BCUT2D eigenvalue weighted by molar-refractivity contribution is -0.116. The molecule has 0 spiro atoms. The minimum absolute atomic E-state index is 0.0129. The molecule has 0 unspecified atom stereocenters. The average Bonchev–Trinajstić information content (AvgIpc) is 2.51. The SMILES string of the molecule is COCCCCN(C)CCC(=O)Nc1ccc(NC(C)=O)cc1. The molecular weight excluding hydrogens is 294 g/mol. The van der Waals surface area contributed by atoms with Crippen LogP contribution in [0.15, 0.2) is 24.3 Å². The molecule has 2 N–H and O–H groups in total. The molecule has 1 rings (SSSR count). The Morgan fingerprint density at radius 1 is 1.04 bits per heavy atom. The summed E-state index contributed by atoms with van der Waals surface area (Å²) in [4.78, 5) is 25.0. The van der Waals surface area contributed by atoms with Crippen LogP contribution in [0.3, 0.4) is 0 Å². The second kappa shape index (κ2) is 10.7. The predicted octanol–water partition coefficient (Wildman–Crippen LogP) is 2.33. The van der Waals surface area contributed by atoms with E-state index in [0.29, 0.717) is 12.1 Å². The summed E-state index contributed by atoms with van der Waals surface area (Å²) in [5.41, 5.74) is 1.44. The zero-order chi connectivity index (χ0) is 17.1. The highest BCUT2D eigenvalue weighted by Crippen LogP contribution is 2.13. The Bertz CT molecular complexity index is 488. The zero-order valence-corrected chi connectivity index (χ0v) is 14.2. The molecule has 0 aromatic heterocycles. The molecule has 0 saturated carbocycles. The van der Waals surface area contributed by atoms with Gasteiger partial charge in [0, 0.05) is 45.0 Å². The highest BCUT2D eigenvalue weighted by atomic mass is 16.5. The van der Waals surface area contributed by atoms with Crippen molar-refractivity contribution in [1.82, 2.24) is 4.90 Å². The lowest BCUT2D eigenvalue weighted by Crippen LogP contribution is -2.25. The maximum absolute atomic E-state index is 11.9. The Morgan fingerprint density at radius 2 is 1.65 bits per heavy atom. The van der Waals surface area contributed by atoms with Crippen LogP contribution in [0.2, 0.25) is 0 Å². The minimum atomic E-state index is -0.115. The van der Waals surface area contributed by atoms with Crippen molar-refractivity contribution in [3.63, 3.8) is 0 Å². The minimum Gasteiger partial charge on any atom is -0.385 e. The van der Waals surface area contributed by atoms with E-state index in [4.69, 9.17) is 4.74 Å². The monoisotopic (exact) mass is 321 g/mol. The Morgan fingerprint density at radius 3 is 2.22 bits per heavy atom. The zero-order valence-electron chi connectivity index (χ0n) is 14.2. The third-order valence-corrected chi connectivity index (χ3v) is 3.35. The van der Waals surface area contributed by atoms with Crippen molar-refractivity contribution < 1.29 is 14.3 Å². The summed E-state index contributed by atoms with van der Waals surface area (Å²) >= 11 is 0. The number of hydrogen-bond acceptors (Lipinski definition) is 4. The Kier molecular flexibility index (Phi) is 8.94. The van der Waals surface area contributed by atoms with Gasteiger partial charge in [0.15, 0.2) is 0 Å². The van der Waals surface area contributed by atoms with E-state index in [1.165, 1.54) is 6.92 Å². The third kappa shape index (κ3) is 8.95. The van der Waals surface area contributed by atoms with Crippen LogP contribution in [0.1, 0.15) is 26.2 Å². The number of nitrogens with zero attached hydrogens (tertiary/aromatic N) is 1. The van der Waals surface area contributed by atoms with E-state index in [1.54, 1.807) is 31.4 Å². The first kappa shape index (κ1) is 19.1. The lowest BCUT2D eigenvalue weighted by atomic mass is 10.2. The second-order valence-corrected chi connectivity index (χ2v) is 5.56. The van der Waals surface area contributed by atoms with Crippen molar-refractivity contribution >= 4 is 23.2 Å². The molecule has 6 heteroatoms. The van der Waals surface area contributed by atoms with E-state index < -0.39 is 0 Å². The molecular formula is C17H27N3O3. The fourth-order valence-corrected chi connectivity index (χ4v) is 2.10. The van der Waals surface area contributed by atoms with Crippen molar-refractivity contribution in [2.45, 2.75) is 26.2 Å². The first-order chi connectivity index (χ1) is 11.0.